The molecular formula is C19H24FNO2. The fourth-order valence-electron chi connectivity index (χ4n) is 4.33. The minimum atomic E-state index is -0.735. The van der Waals surface area contributed by atoms with Gasteiger partial charge in [-0.2, -0.15) is 0 Å². The van der Waals surface area contributed by atoms with Crippen LogP contribution in [0.1, 0.15) is 50.2 Å². The van der Waals surface area contributed by atoms with Gasteiger partial charge in [-0.1, -0.05) is 25.0 Å². The number of halogens is 1. The van der Waals surface area contributed by atoms with Crippen LogP contribution in [0, 0.1) is 23.6 Å². The first-order valence-electron chi connectivity index (χ1n) is 8.89. The largest absolute Gasteiger partial charge is 0.387 e. The zero-order valence-corrected chi connectivity index (χ0v) is 13.3. The van der Waals surface area contributed by atoms with Gasteiger partial charge in [-0.25, -0.2) is 4.39 Å². The highest BCUT2D eigenvalue weighted by atomic mass is 19.1. The molecule has 1 N–H and O–H groups in total. The van der Waals surface area contributed by atoms with Crippen LogP contribution >= 0.6 is 0 Å². The van der Waals surface area contributed by atoms with E-state index in [2.05, 4.69) is 0 Å². The van der Waals surface area contributed by atoms with E-state index in [1.807, 2.05) is 4.90 Å². The molecule has 4 heteroatoms. The summed E-state index contributed by atoms with van der Waals surface area (Å²) in [6.07, 6.45) is 6.26. The summed E-state index contributed by atoms with van der Waals surface area (Å²) >= 11 is 0. The highest BCUT2D eigenvalue weighted by Crippen LogP contribution is 2.56. The topological polar surface area (TPSA) is 40.5 Å². The molecule has 3 aliphatic carbocycles. The molecule has 4 rings (SSSR count). The van der Waals surface area contributed by atoms with Gasteiger partial charge < -0.3 is 10.0 Å². The predicted octanol–water partition coefficient (Wildman–Crippen LogP) is 3.29. The molecule has 3 unspecified atom stereocenters. The number of hydrogen-bond acceptors (Lipinski definition) is 2. The van der Waals surface area contributed by atoms with E-state index in [0.717, 1.165) is 12.8 Å². The molecule has 1 aromatic carbocycles. The number of nitrogens with zero attached hydrogens (tertiary/aromatic N) is 1. The van der Waals surface area contributed by atoms with Gasteiger partial charge in [-0.3, -0.25) is 4.79 Å². The van der Waals surface area contributed by atoms with Crippen molar-refractivity contribution in [1.82, 2.24) is 4.90 Å². The van der Waals surface area contributed by atoms with Crippen LogP contribution in [0.5, 0.6) is 0 Å². The summed E-state index contributed by atoms with van der Waals surface area (Å²) in [7, 11) is 0. The molecule has 23 heavy (non-hydrogen) atoms. The molecule has 3 nitrogen and oxygen atoms in total. The van der Waals surface area contributed by atoms with E-state index in [1.165, 1.54) is 37.8 Å². The molecule has 0 aromatic heterocycles. The second kappa shape index (κ2) is 5.90. The zero-order chi connectivity index (χ0) is 16.0. The monoisotopic (exact) mass is 317 g/mol. The van der Waals surface area contributed by atoms with Crippen LogP contribution in [0.3, 0.4) is 0 Å². The Morgan fingerprint density at radius 3 is 2.30 bits per heavy atom. The normalized spacial score (nSPS) is 30.4. The lowest BCUT2D eigenvalue weighted by molar-refractivity contribution is -0.135. The first kappa shape index (κ1) is 15.1. The molecular weight excluding hydrogens is 293 g/mol. The first-order chi connectivity index (χ1) is 11.1. The van der Waals surface area contributed by atoms with E-state index in [4.69, 9.17) is 0 Å². The van der Waals surface area contributed by atoms with Gasteiger partial charge >= 0.3 is 0 Å². The second-order valence-corrected chi connectivity index (χ2v) is 7.43. The molecule has 0 aliphatic heterocycles. The van der Waals surface area contributed by atoms with Crippen LogP contribution in [-0.2, 0) is 4.79 Å². The van der Waals surface area contributed by atoms with Gasteiger partial charge in [0.05, 0.1) is 12.6 Å². The van der Waals surface area contributed by atoms with Crippen molar-refractivity contribution in [2.45, 2.75) is 50.7 Å². The first-order valence-corrected chi connectivity index (χ1v) is 8.89. The molecule has 0 saturated heterocycles. The Balaban J connectivity index is 1.44. The summed E-state index contributed by atoms with van der Waals surface area (Å²) in [5.74, 6) is 1.35. The fourth-order valence-corrected chi connectivity index (χ4v) is 4.33. The molecule has 124 valence electrons. The van der Waals surface area contributed by atoms with Crippen molar-refractivity contribution in [3.63, 3.8) is 0 Å². The van der Waals surface area contributed by atoms with Crippen LogP contribution in [0.25, 0.3) is 0 Å². The number of hydrogen-bond donors (Lipinski definition) is 1. The number of amides is 1. The van der Waals surface area contributed by atoms with Crippen molar-refractivity contribution in [2.75, 3.05) is 6.54 Å². The minimum Gasteiger partial charge on any atom is -0.387 e. The number of aliphatic hydroxyl groups excluding tert-OH is 1. The van der Waals surface area contributed by atoms with E-state index in [0.29, 0.717) is 30.0 Å². The van der Waals surface area contributed by atoms with Crippen molar-refractivity contribution in [3.05, 3.63) is 35.6 Å². The van der Waals surface area contributed by atoms with Gasteiger partial charge in [-0.15, -0.1) is 0 Å². The van der Waals surface area contributed by atoms with Gasteiger partial charge in [0.25, 0.3) is 0 Å². The average Bonchev–Trinajstić information content (AvgIpc) is 3.46. The van der Waals surface area contributed by atoms with Gasteiger partial charge in [0.15, 0.2) is 0 Å². The van der Waals surface area contributed by atoms with E-state index in [9.17, 15) is 14.3 Å². The Morgan fingerprint density at radius 1 is 1.13 bits per heavy atom. The number of carbonyl (C=O) groups excluding carboxylic acids is 1. The molecule has 1 aromatic rings. The maximum absolute atomic E-state index is 13.0. The third-order valence-electron chi connectivity index (χ3n) is 5.84. The highest BCUT2D eigenvalue weighted by molar-refractivity contribution is 5.83. The quantitative estimate of drug-likeness (QED) is 0.905. The maximum Gasteiger partial charge on any atom is 0.226 e. The summed E-state index contributed by atoms with van der Waals surface area (Å²) in [6.45, 7) is 0.338. The van der Waals surface area contributed by atoms with Crippen molar-refractivity contribution < 1.29 is 14.3 Å². The maximum atomic E-state index is 13.0. The molecule has 0 spiro atoms. The minimum absolute atomic E-state index is 0.207. The molecule has 0 bridgehead atoms. The number of benzene rings is 1. The van der Waals surface area contributed by atoms with Gasteiger partial charge in [0, 0.05) is 12.0 Å². The fraction of sp³-hybridized carbons (Fsp3) is 0.632. The average molecular weight is 317 g/mol. The van der Waals surface area contributed by atoms with Crippen LogP contribution in [-0.4, -0.2) is 28.5 Å². The molecule has 3 atom stereocenters. The van der Waals surface area contributed by atoms with Crippen LogP contribution in [0.4, 0.5) is 4.39 Å². The van der Waals surface area contributed by atoms with E-state index < -0.39 is 6.10 Å². The second-order valence-electron chi connectivity index (χ2n) is 7.43. The van der Waals surface area contributed by atoms with Crippen molar-refractivity contribution in [1.29, 1.82) is 0 Å². The lowest BCUT2D eigenvalue weighted by atomic mass is 10.0. The lowest BCUT2D eigenvalue weighted by Crippen LogP contribution is -2.38. The van der Waals surface area contributed by atoms with E-state index in [1.54, 1.807) is 12.1 Å². The summed E-state index contributed by atoms with van der Waals surface area (Å²) in [6, 6.07) is 6.23. The number of rotatable bonds is 5. The summed E-state index contributed by atoms with van der Waals surface area (Å²) in [5, 5.41) is 10.5. The van der Waals surface area contributed by atoms with Crippen LogP contribution < -0.4 is 0 Å². The molecule has 0 radical (unpaired) electrons. The highest BCUT2D eigenvalue weighted by Gasteiger charge is 2.56. The zero-order valence-electron chi connectivity index (χ0n) is 13.3. The molecule has 1 amide bonds. The van der Waals surface area contributed by atoms with Gasteiger partial charge in [0.1, 0.15) is 5.82 Å². The Kier molecular flexibility index (Phi) is 3.88. The SMILES string of the molecule is O=C(C1C2CCCCC21)N(CC(O)c1ccc(F)cc1)C1CC1. The summed E-state index contributed by atoms with van der Waals surface area (Å²) < 4.78 is 13.0. The van der Waals surface area contributed by atoms with Crippen molar-refractivity contribution in [3.8, 4) is 0 Å². The van der Waals surface area contributed by atoms with E-state index in [-0.39, 0.29) is 17.6 Å². The van der Waals surface area contributed by atoms with Gasteiger partial charge in [-0.05, 0) is 55.2 Å². The Bertz CT molecular complexity index is 572. The lowest BCUT2D eigenvalue weighted by Gasteiger charge is -2.26. The number of fused-ring (bicyclic) bond motifs is 1. The van der Waals surface area contributed by atoms with Crippen molar-refractivity contribution in [2.24, 2.45) is 17.8 Å². The standard InChI is InChI=1S/C19H24FNO2/c20-13-7-5-12(6-8-13)17(22)11-21(14-9-10-14)19(23)18-15-3-1-2-4-16(15)18/h5-8,14-18,22H,1-4,9-11H2. The van der Waals surface area contributed by atoms with Crippen LogP contribution in [0.15, 0.2) is 24.3 Å². The summed E-state index contributed by atoms with van der Waals surface area (Å²) in [4.78, 5) is 14.8. The van der Waals surface area contributed by atoms with E-state index >= 15 is 0 Å². The third kappa shape index (κ3) is 3.01. The molecule has 3 fully saturated rings. The number of carbonyl (C=O) groups is 1. The predicted molar refractivity (Wildman–Crippen MR) is 85.0 cm³/mol. The smallest absolute Gasteiger partial charge is 0.226 e. The Morgan fingerprint density at radius 2 is 1.74 bits per heavy atom. The molecule has 3 aliphatic rings. The molecule has 3 saturated carbocycles. The molecule has 0 heterocycles. The Labute approximate surface area is 136 Å². The number of aliphatic hydroxyl groups is 1. The van der Waals surface area contributed by atoms with Gasteiger partial charge in [0.2, 0.25) is 5.91 Å². The third-order valence-corrected chi connectivity index (χ3v) is 5.84. The Hall–Kier alpha value is -1.42. The summed E-state index contributed by atoms with van der Waals surface area (Å²) in [5.41, 5.74) is 0.679. The van der Waals surface area contributed by atoms with Crippen molar-refractivity contribution >= 4 is 5.91 Å². The van der Waals surface area contributed by atoms with Crippen LogP contribution in [0.2, 0.25) is 0 Å².